The van der Waals surface area contributed by atoms with Crippen LogP contribution in [-0.4, -0.2) is 30.0 Å². The van der Waals surface area contributed by atoms with E-state index in [4.69, 9.17) is 5.73 Å². The van der Waals surface area contributed by atoms with Gasteiger partial charge < -0.3 is 11.1 Å². The molecule has 3 N–H and O–H groups in total. The van der Waals surface area contributed by atoms with Gasteiger partial charge in [0.1, 0.15) is 0 Å². The van der Waals surface area contributed by atoms with Crippen molar-refractivity contribution >= 4 is 17.7 Å². The van der Waals surface area contributed by atoms with E-state index in [2.05, 4.69) is 11.6 Å². The highest BCUT2D eigenvalue weighted by Crippen LogP contribution is 2.42. The number of benzene rings is 1. The first-order chi connectivity index (χ1) is 9.19. The molecule has 0 radical (unpaired) electrons. The van der Waals surface area contributed by atoms with E-state index < -0.39 is 0 Å². The summed E-state index contributed by atoms with van der Waals surface area (Å²) in [6.07, 6.45) is 6.70. The minimum atomic E-state index is 0.0274. The van der Waals surface area contributed by atoms with Crippen molar-refractivity contribution in [3.05, 3.63) is 35.4 Å². The lowest BCUT2D eigenvalue weighted by Gasteiger charge is -2.40. The molecule has 0 bridgehead atoms. The van der Waals surface area contributed by atoms with E-state index in [0.29, 0.717) is 6.54 Å². The van der Waals surface area contributed by atoms with Crippen LogP contribution in [0.2, 0.25) is 0 Å². The summed E-state index contributed by atoms with van der Waals surface area (Å²) in [7, 11) is 0. The summed E-state index contributed by atoms with van der Waals surface area (Å²) in [4.78, 5) is 12.1. The Morgan fingerprint density at radius 1 is 1.37 bits per heavy atom. The van der Waals surface area contributed by atoms with Crippen LogP contribution in [0.15, 0.2) is 24.3 Å². The summed E-state index contributed by atoms with van der Waals surface area (Å²) < 4.78 is 0.287. The molecule has 19 heavy (non-hydrogen) atoms. The Morgan fingerprint density at radius 2 is 2.05 bits per heavy atom. The largest absolute Gasteiger partial charge is 0.351 e. The standard InChI is InChI=1S/C15H22N2OS/c1-19-15(8-2-9-15)11-17-14(18)13-5-3-12(4-6-13)7-10-16/h3-6H,2,7-11,16H2,1H3,(H,17,18). The topological polar surface area (TPSA) is 55.1 Å². The van der Waals surface area contributed by atoms with E-state index in [1.54, 1.807) is 0 Å². The van der Waals surface area contributed by atoms with Crippen molar-refractivity contribution in [2.45, 2.75) is 30.4 Å². The summed E-state index contributed by atoms with van der Waals surface area (Å²) in [5.74, 6) is 0.0274. The molecule has 1 fully saturated rings. The van der Waals surface area contributed by atoms with Gasteiger partial charge in [-0.1, -0.05) is 18.6 Å². The first kappa shape index (κ1) is 14.4. The van der Waals surface area contributed by atoms with Crippen LogP contribution < -0.4 is 11.1 Å². The van der Waals surface area contributed by atoms with Crippen LogP contribution in [-0.2, 0) is 6.42 Å². The molecule has 1 saturated carbocycles. The predicted octanol–water partition coefficient (Wildman–Crippen LogP) is 2.20. The van der Waals surface area contributed by atoms with Crippen LogP contribution in [0.25, 0.3) is 0 Å². The number of hydrogen-bond donors (Lipinski definition) is 2. The minimum absolute atomic E-state index is 0.0274. The Labute approximate surface area is 119 Å². The molecule has 4 heteroatoms. The third-order valence-corrected chi connectivity index (χ3v) is 5.34. The maximum atomic E-state index is 12.1. The van der Waals surface area contributed by atoms with Crippen LogP contribution in [0.3, 0.4) is 0 Å². The molecule has 104 valence electrons. The number of rotatable bonds is 6. The fourth-order valence-electron chi connectivity index (χ4n) is 2.36. The first-order valence-electron chi connectivity index (χ1n) is 6.81. The zero-order chi connectivity index (χ0) is 13.7. The number of carbonyl (C=O) groups is 1. The van der Waals surface area contributed by atoms with Gasteiger partial charge >= 0.3 is 0 Å². The molecule has 1 aromatic rings. The molecule has 1 aliphatic carbocycles. The van der Waals surface area contributed by atoms with Crippen LogP contribution in [0.4, 0.5) is 0 Å². The number of carbonyl (C=O) groups excluding carboxylic acids is 1. The zero-order valence-corrected chi connectivity index (χ0v) is 12.3. The summed E-state index contributed by atoms with van der Waals surface area (Å²) in [6, 6.07) is 7.73. The van der Waals surface area contributed by atoms with Gasteiger partial charge in [-0.15, -0.1) is 0 Å². The van der Waals surface area contributed by atoms with Gasteiger partial charge in [0.15, 0.2) is 0 Å². The second kappa shape index (κ2) is 6.44. The van der Waals surface area contributed by atoms with E-state index in [0.717, 1.165) is 18.5 Å². The highest BCUT2D eigenvalue weighted by Gasteiger charge is 2.36. The molecule has 1 aromatic carbocycles. The van der Waals surface area contributed by atoms with Gasteiger partial charge in [0.2, 0.25) is 0 Å². The van der Waals surface area contributed by atoms with Crippen molar-refractivity contribution in [1.82, 2.24) is 5.32 Å². The van der Waals surface area contributed by atoms with Gasteiger partial charge in [-0.3, -0.25) is 4.79 Å². The second-order valence-electron chi connectivity index (χ2n) is 5.16. The van der Waals surface area contributed by atoms with Crippen LogP contribution in [0.1, 0.15) is 35.2 Å². The summed E-state index contributed by atoms with van der Waals surface area (Å²) >= 11 is 1.88. The summed E-state index contributed by atoms with van der Waals surface area (Å²) in [6.45, 7) is 1.42. The molecule has 1 aliphatic rings. The van der Waals surface area contributed by atoms with Crippen molar-refractivity contribution in [3.63, 3.8) is 0 Å². The van der Waals surface area contributed by atoms with Crippen LogP contribution in [0.5, 0.6) is 0 Å². The van der Waals surface area contributed by atoms with Crippen LogP contribution >= 0.6 is 11.8 Å². The van der Waals surface area contributed by atoms with E-state index in [1.165, 1.54) is 24.8 Å². The van der Waals surface area contributed by atoms with E-state index in [1.807, 2.05) is 36.0 Å². The number of amides is 1. The third-order valence-electron chi connectivity index (χ3n) is 3.92. The summed E-state index contributed by atoms with van der Waals surface area (Å²) in [5.41, 5.74) is 7.42. The number of thioether (sulfide) groups is 1. The van der Waals surface area contributed by atoms with E-state index in [9.17, 15) is 4.79 Å². The normalized spacial score (nSPS) is 16.7. The molecule has 3 nitrogen and oxygen atoms in total. The maximum Gasteiger partial charge on any atom is 0.251 e. The van der Waals surface area contributed by atoms with Crippen LogP contribution in [0, 0.1) is 0 Å². The third kappa shape index (κ3) is 3.51. The Hall–Kier alpha value is -1.00. The molecule has 0 unspecified atom stereocenters. The Kier molecular flexibility index (Phi) is 4.88. The SMILES string of the molecule is CSC1(CNC(=O)c2ccc(CCN)cc2)CCC1. The lowest BCUT2D eigenvalue weighted by atomic mass is 9.84. The lowest BCUT2D eigenvalue weighted by molar-refractivity contribution is 0.0944. The fourth-order valence-corrected chi connectivity index (χ4v) is 3.27. The Morgan fingerprint density at radius 3 is 2.53 bits per heavy atom. The quantitative estimate of drug-likeness (QED) is 0.839. The summed E-state index contributed by atoms with van der Waals surface area (Å²) in [5, 5.41) is 3.06. The smallest absolute Gasteiger partial charge is 0.251 e. The van der Waals surface area contributed by atoms with Gasteiger partial charge in [0, 0.05) is 16.9 Å². The van der Waals surface area contributed by atoms with Gasteiger partial charge in [0.25, 0.3) is 5.91 Å². The monoisotopic (exact) mass is 278 g/mol. The molecule has 0 saturated heterocycles. The average molecular weight is 278 g/mol. The molecular weight excluding hydrogens is 256 g/mol. The van der Waals surface area contributed by atoms with E-state index in [-0.39, 0.29) is 10.7 Å². The Balaban J connectivity index is 1.89. The zero-order valence-electron chi connectivity index (χ0n) is 11.4. The fraction of sp³-hybridized carbons (Fsp3) is 0.533. The second-order valence-corrected chi connectivity index (χ2v) is 6.43. The molecule has 1 amide bonds. The number of hydrogen-bond acceptors (Lipinski definition) is 3. The Bertz CT molecular complexity index is 421. The van der Waals surface area contributed by atoms with Crippen molar-refractivity contribution in [3.8, 4) is 0 Å². The average Bonchev–Trinajstić information content (AvgIpc) is 2.39. The number of nitrogens with two attached hydrogens (primary N) is 1. The van der Waals surface area contributed by atoms with Gasteiger partial charge in [-0.2, -0.15) is 11.8 Å². The van der Waals surface area contributed by atoms with Gasteiger partial charge in [-0.25, -0.2) is 0 Å². The molecule has 0 heterocycles. The maximum absolute atomic E-state index is 12.1. The van der Waals surface area contributed by atoms with E-state index >= 15 is 0 Å². The molecule has 0 atom stereocenters. The van der Waals surface area contributed by atoms with Crippen molar-refractivity contribution in [2.24, 2.45) is 5.73 Å². The molecule has 0 aliphatic heterocycles. The highest BCUT2D eigenvalue weighted by atomic mass is 32.2. The van der Waals surface area contributed by atoms with Gasteiger partial charge in [-0.05, 0) is 49.8 Å². The minimum Gasteiger partial charge on any atom is -0.351 e. The molecule has 0 aromatic heterocycles. The predicted molar refractivity (Wildman–Crippen MR) is 81.6 cm³/mol. The number of nitrogens with one attached hydrogen (secondary N) is 1. The van der Waals surface area contributed by atoms with Crippen molar-refractivity contribution < 1.29 is 4.79 Å². The van der Waals surface area contributed by atoms with Crippen molar-refractivity contribution in [1.29, 1.82) is 0 Å². The lowest BCUT2D eigenvalue weighted by Crippen LogP contribution is -2.45. The van der Waals surface area contributed by atoms with Crippen molar-refractivity contribution in [2.75, 3.05) is 19.3 Å². The molecular formula is C15H22N2OS. The van der Waals surface area contributed by atoms with Gasteiger partial charge in [0.05, 0.1) is 0 Å². The molecule has 2 rings (SSSR count). The molecule has 0 spiro atoms. The highest BCUT2D eigenvalue weighted by molar-refractivity contribution is 8.00. The first-order valence-corrected chi connectivity index (χ1v) is 8.04.